The van der Waals surface area contributed by atoms with Crippen LogP contribution in [-0.2, 0) is 28.6 Å². The Bertz CT molecular complexity index is 6530. The van der Waals surface area contributed by atoms with Crippen molar-refractivity contribution < 1.29 is 33.7 Å². The summed E-state index contributed by atoms with van der Waals surface area (Å²) < 4.78 is 14.1. The molecule has 0 aliphatic heterocycles. The minimum Gasteiger partial charge on any atom is -0.377 e. The maximum atomic E-state index is 13.0. The van der Waals surface area contributed by atoms with E-state index in [9.17, 15) is 19.5 Å². The van der Waals surface area contributed by atoms with E-state index in [1.54, 1.807) is 0 Å². The van der Waals surface area contributed by atoms with Gasteiger partial charge in [0.1, 0.15) is 18.3 Å². The number of carbonyl (C=O) groups is 3. The second kappa shape index (κ2) is 69.7. The predicted octanol–water partition coefficient (Wildman–Crippen LogP) is -0.958. The average Bonchev–Trinajstić information content (AvgIpc) is 0.842. The first kappa shape index (κ1) is 81.6. The molecule has 0 unspecified atom stereocenters. The van der Waals surface area contributed by atoms with E-state index < -0.39 is 36.4 Å². The number of rotatable bonds is 5. The summed E-state index contributed by atoms with van der Waals surface area (Å²) in [6, 6.07) is 0. The Labute approximate surface area is 601 Å². The molecule has 0 aliphatic rings. The molecule has 0 radical (unpaired) electrons. The van der Waals surface area contributed by atoms with Crippen LogP contribution in [0, 0.1) is 535 Å². The van der Waals surface area contributed by atoms with Gasteiger partial charge in [-0.25, -0.2) is 4.79 Å². The standard InChI is InChI=1S/C96H8O7/c1-4-7-10-13-16-19-22-25-28-31-34-37-40-43-46-49-52-55-58-61-64-67-70-73-76-79-82-85-88-101-93(97)91-96(100,95(99)103-90-87-84-81-78-75-72-69-66-63-60-57-54-51-48-45-42-39-36-33-30-27-24-21-18-15-12-9-6-3)92-94(98)102-89-86-83-80-77-74-71-68-65-62-59-56-53-50-47-44-41-38-35-32-29-26-23-20-17-14-11-8-5-2/h1-3,100H,91-92H2. The van der Waals surface area contributed by atoms with Crippen molar-refractivity contribution in [1.82, 2.24) is 0 Å². The van der Waals surface area contributed by atoms with E-state index in [2.05, 4.69) is 497 Å². The van der Waals surface area contributed by atoms with E-state index in [0.717, 1.165) is 0 Å². The van der Waals surface area contributed by atoms with Gasteiger partial charge in [-0.05, 0) is 142 Å². The number of carbonyl (C=O) groups excluding carboxylic acids is 3. The molecule has 0 spiro atoms. The van der Waals surface area contributed by atoms with Crippen LogP contribution >= 0.6 is 0 Å². The first-order valence-corrected chi connectivity index (χ1v) is 25.6. The van der Waals surface area contributed by atoms with Gasteiger partial charge in [-0.1, -0.05) is 0 Å². The zero-order valence-electron chi connectivity index (χ0n) is 51.5. The Morgan fingerprint density at radius 2 is 0.291 bits per heavy atom. The van der Waals surface area contributed by atoms with Gasteiger partial charge < -0.3 is 19.3 Å². The van der Waals surface area contributed by atoms with Crippen LogP contribution < -0.4 is 0 Å². The third-order valence-corrected chi connectivity index (χ3v) is 6.97. The molecule has 0 fully saturated rings. The summed E-state index contributed by atoms with van der Waals surface area (Å²) >= 11 is 0. The lowest BCUT2D eigenvalue weighted by molar-refractivity contribution is -0.169. The summed E-state index contributed by atoms with van der Waals surface area (Å²) in [6.07, 6.45) is 18.2. The van der Waals surface area contributed by atoms with Crippen molar-refractivity contribution >= 4 is 17.9 Å². The van der Waals surface area contributed by atoms with Crippen molar-refractivity contribution in [3.05, 3.63) is 0 Å². The summed E-state index contributed by atoms with van der Waals surface area (Å²) in [5.74, 6) is 197. The molecule has 0 atom stereocenters. The third kappa shape index (κ3) is 64.9. The zero-order chi connectivity index (χ0) is 74.3. The summed E-state index contributed by atoms with van der Waals surface area (Å²) in [4.78, 5) is 38.3. The van der Waals surface area contributed by atoms with Crippen LogP contribution in [0.15, 0.2) is 0 Å². The summed E-state index contributed by atoms with van der Waals surface area (Å²) in [7, 11) is 0. The molecule has 434 valence electrons. The van der Waals surface area contributed by atoms with Crippen molar-refractivity contribution in [2.75, 3.05) is 0 Å². The SMILES string of the molecule is C#CC#CC#CC#CC#CC#CC#CC#CC#CC#CC#CC#CC#CC#CC#COC(=O)CC(O)(CC(=O)OC#CC#CC#CC#CC#CC#CC#CC#CC#CC#CC#CC#CC#CC#CC#C)C(=O)OC#CC#CC#CC#CC#CC#CC#CC#CC#CC#CC#CC#CC#CC#CC#C. The van der Waals surface area contributed by atoms with Gasteiger partial charge in [-0.15, -0.1) is 19.3 Å². The molecule has 0 heterocycles. The molecule has 0 aromatic carbocycles. The van der Waals surface area contributed by atoms with E-state index in [4.69, 9.17) is 33.5 Å². The molecule has 0 aliphatic carbocycles. The Morgan fingerprint density at radius 1 is 0.184 bits per heavy atom. The predicted molar refractivity (Wildman–Crippen MR) is 386 cm³/mol. The fourth-order valence-electron chi connectivity index (χ4n) is 3.62. The van der Waals surface area contributed by atoms with Gasteiger partial charge >= 0.3 is 17.9 Å². The van der Waals surface area contributed by atoms with E-state index >= 15 is 0 Å². The molecule has 0 saturated carbocycles. The number of hydrogen-bond donors (Lipinski definition) is 1. The molecular formula is C96H8O7. The number of aliphatic hydroxyl groups is 1. The van der Waals surface area contributed by atoms with Gasteiger partial charge in [0, 0.05) is 355 Å². The number of hydrogen-bond acceptors (Lipinski definition) is 7. The minimum absolute atomic E-state index is 1.21. The molecule has 0 amide bonds. The highest BCUT2D eigenvalue weighted by Gasteiger charge is 2.44. The topological polar surface area (TPSA) is 99.1 Å². The normalized spacial score (nSPS) is 4.95. The maximum absolute atomic E-state index is 13.0. The van der Waals surface area contributed by atoms with E-state index in [-0.39, 0.29) is 0 Å². The van der Waals surface area contributed by atoms with Crippen molar-refractivity contribution in [1.29, 1.82) is 0 Å². The van der Waals surface area contributed by atoms with Crippen LogP contribution in [0.5, 0.6) is 0 Å². The molecular weight excluding hydrogens is 1270 g/mol. The highest BCUT2D eigenvalue weighted by atomic mass is 16.6. The average molecular weight is 1270 g/mol. The van der Waals surface area contributed by atoms with Crippen molar-refractivity contribution in [3.8, 4) is 535 Å². The van der Waals surface area contributed by atoms with Gasteiger partial charge in [0.2, 0.25) is 0 Å². The van der Waals surface area contributed by atoms with Gasteiger partial charge in [0.25, 0.3) is 0 Å². The lowest BCUT2D eigenvalue weighted by Crippen LogP contribution is -2.44. The molecule has 0 aromatic heterocycles. The third-order valence-electron chi connectivity index (χ3n) is 6.97. The van der Waals surface area contributed by atoms with E-state index in [1.807, 2.05) is 18.3 Å². The molecule has 1 N–H and O–H groups in total. The Morgan fingerprint density at radius 3 is 0.417 bits per heavy atom. The minimum atomic E-state index is -2.95. The number of terminal acetylenes is 3. The molecule has 103 heavy (non-hydrogen) atoms. The highest BCUT2D eigenvalue weighted by Crippen LogP contribution is 2.19. The molecule has 0 saturated heterocycles. The Balaban J connectivity index is 5.94. The van der Waals surface area contributed by atoms with Crippen molar-refractivity contribution in [3.63, 3.8) is 0 Å². The quantitative estimate of drug-likeness (QED) is 0.216. The summed E-state index contributed by atoms with van der Waals surface area (Å²) in [6.45, 7) is 0. The lowest BCUT2D eigenvalue weighted by Gasteiger charge is -2.21. The zero-order valence-corrected chi connectivity index (χ0v) is 51.5. The van der Waals surface area contributed by atoms with E-state index in [1.165, 1.54) is 0 Å². The number of ether oxygens (including phenoxy) is 3. The smallest absolute Gasteiger partial charge is 0.353 e. The first-order valence-electron chi connectivity index (χ1n) is 25.6. The van der Waals surface area contributed by atoms with Crippen LogP contribution in [-0.4, -0.2) is 28.6 Å². The number of esters is 3. The summed E-state index contributed by atoms with van der Waals surface area (Å²) in [5, 5.41) is 11.2. The van der Waals surface area contributed by atoms with Crippen LogP contribution in [0.4, 0.5) is 0 Å². The monoisotopic (exact) mass is 1270 g/mol. The van der Waals surface area contributed by atoms with Crippen LogP contribution in [0.3, 0.4) is 0 Å². The fourth-order valence-corrected chi connectivity index (χ4v) is 3.62. The summed E-state index contributed by atoms with van der Waals surface area (Å²) in [5.41, 5.74) is -2.95. The largest absolute Gasteiger partial charge is 0.377 e. The lowest BCUT2D eigenvalue weighted by atomic mass is 9.96. The fraction of sp³-hybridized carbons (Fsp3) is 0.0312. The first-order chi connectivity index (χ1) is 50.9. The molecule has 7 heteroatoms. The highest BCUT2D eigenvalue weighted by molar-refractivity contribution is 5.91. The van der Waals surface area contributed by atoms with Crippen LogP contribution in [0.1, 0.15) is 12.8 Å². The van der Waals surface area contributed by atoms with Gasteiger partial charge in [0.05, 0.1) is 12.8 Å². The van der Waals surface area contributed by atoms with Crippen molar-refractivity contribution in [2.45, 2.75) is 18.4 Å². The van der Waals surface area contributed by atoms with Gasteiger partial charge in [-0.2, -0.15) is 0 Å². The van der Waals surface area contributed by atoms with Crippen molar-refractivity contribution in [2.24, 2.45) is 0 Å². The second-order valence-electron chi connectivity index (χ2n) is 13.6. The van der Waals surface area contributed by atoms with Gasteiger partial charge in [0.15, 0.2) is 5.60 Å². The van der Waals surface area contributed by atoms with Gasteiger partial charge in [-0.3, -0.25) is 9.59 Å². The second-order valence-corrected chi connectivity index (χ2v) is 13.6. The molecule has 7 nitrogen and oxygen atoms in total. The molecule has 0 aromatic rings. The molecule has 0 bridgehead atoms. The maximum Gasteiger partial charge on any atom is 0.353 e. The van der Waals surface area contributed by atoms with E-state index in [0.29, 0.717) is 0 Å². The Hall–Kier alpha value is -21.4. The molecule has 0 rings (SSSR count). The Kier molecular flexibility index (Phi) is 55.2. The van der Waals surface area contributed by atoms with Crippen LogP contribution in [0.25, 0.3) is 0 Å². The van der Waals surface area contributed by atoms with Crippen LogP contribution in [0.2, 0.25) is 0 Å².